The number of benzene rings is 3. The quantitative estimate of drug-likeness (QED) is 0.0918. The monoisotopic (exact) mass is 779 g/mol. The standard InChI is InChI=1S/C36H32BrCl2N5O6/c1-42(2)21-11-7-19(8-12-21)40-41-20-9-13-22(14-10-20)44-31(46)24-16-15-23-25(28(24)32(44)47)17-35(38)33(48)43(18-37)34(49)36(35,39)30(23)29-26(45)5-4-6-27(29)50-3/h4-15,24-25,28,30,45H,16-18H2,1-3H3/t24-,25+,28-,30+,35+,36-/m0/s1. The van der Waals surface area contributed by atoms with Gasteiger partial charge in [0.25, 0.3) is 11.8 Å². The van der Waals surface area contributed by atoms with Crippen LogP contribution < -0.4 is 14.5 Å². The smallest absolute Gasteiger partial charge is 0.254 e. The molecule has 4 amide bonds. The average Bonchev–Trinajstić information content (AvgIpc) is 3.45. The number of amides is 4. The Balaban J connectivity index is 1.24. The zero-order valence-electron chi connectivity index (χ0n) is 27.2. The Morgan fingerprint density at radius 1 is 0.920 bits per heavy atom. The first kappa shape index (κ1) is 34.2. The van der Waals surface area contributed by atoms with Crippen LogP contribution in [0.15, 0.2) is 88.6 Å². The lowest BCUT2D eigenvalue weighted by molar-refractivity contribution is -0.138. The van der Waals surface area contributed by atoms with Gasteiger partial charge in [-0.25, -0.2) is 0 Å². The lowest BCUT2D eigenvalue weighted by Crippen LogP contribution is -2.60. The number of nitrogens with zero attached hydrogens (tertiary/aromatic N) is 5. The second-order valence-corrected chi connectivity index (χ2v) is 14.8. The van der Waals surface area contributed by atoms with Crippen molar-refractivity contribution in [1.29, 1.82) is 0 Å². The predicted molar refractivity (Wildman–Crippen MR) is 192 cm³/mol. The maximum atomic E-state index is 14.4. The van der Waals surface area contributed by atoms with Gasteiger partial charge in [0.2, 0.25) is 11.8 Å². The van der Waals surface area contributed by atoms with Gasteiger partial charge in [-0.3, -0.25) is 29.0 Å². The molecular weight excluding hydrogens is 749 g/mol. The summed E-state index contributed by atoms with van der Waals surface area (Å²) in [5.41, 5.74) is 3.17. The number of rotatable bonds is 7. The van der Waals surface area contributed by atoms with Gasteiger partial charge in [0.1, 0.15) is 11.5 Å². The third kappa shape index (κ3) is 4.90. The summed E-state index contributed by atoms with van der Waals surface area (Å²) in [6, 6.07) is 18.8. The highest BCUT2D eigenvalue weighted by Crippen LogP contribution is 2.67. The number of phenolic OH excluding ortho intramolecular Hbond substituents is 1. The van der Waals surface area contributed by atoms with Crippen LogP contribution in [0.25, 0.3) is 0 Å². The summed E-state index contributed by atoms with van der Waals surface area (Å²) in [4.78, 5) is 56.3. The number of ether oxygens (including phenoxy) is 1. The number of azo groups is 1. The third-order valence-electron chi connectivity index (χ3n) is 10.3. The third-order valence-corrected chi connectivity index (χ3v) is 12.2. The number of carbonyl (C=O) groups is 4. The molecule has 1 saturated carbocycles. The molecule has 3 aromatic carbocycles. The number of allylic oxidation sites excluding steroid dienone is 2. The molecule has 0 bridgehead atoms. The highest BCUT2D eigenvalue weighted by Gasteiger charge is 2.76. The van der Waals surface area contributed by atoms with E-state index in [0.29, 0.717) is 22.6 Å². The van der Waals surface area contributed by atoms with Crippen LogP contribution in [0.4, 0.5) is 22.7 Å². The van der Waals surface area contributed by atoms with Gasteiger partial charge >= 0.3 is 0 Å². The van der Waals surface area contributed by atoms with Crippen LogP contribution in [0.3, 0.4) is 0 Å². The van der Waals surface area contributed by atoms with Gasteiger partial charge in [0, 0.05) is 31.3 Å². The SMILES string of the molecule is COc1cccc(O)c1[C@H]1C2=CC[C@@H]3C(=O)N(c4ccc(N=Nc5ccc(N(C)C)cc5)cc4)C(=O)[C@@H]3[C@@H]2C[C@@]2(Cl)C(=O)N(CBr)C(=O)[C@@]12Cl. The second kappa shape index (κ2) is 12.5. The number of halogens is 3. The van der Waals surface area contributed by atoms with E-state index in [2.05, 4.69) is 26.2 Å². The summed E-state index contributed by atoms with van der Waals surface area (Å²) < 4.78 is 5.61. The fraction of sp³-hybridized carbons (Fsp3) is 0.333. The van der Waals surface area contributed by atoms with Crippen LogP contribution in [0, 0.1) is 17.8 Å². The maximum Gasteiger partial charge on any atom is 0.254 e. The van der Waals surface area contributed by atoms with E-state index in [1.54, 1.807) is 42.5 Å². The minimum absolute atomic E-state index is 0.155. The molecule has 2 aliphatic carbocycles. The Bertz CT molecular complexity index is 1990. The number of methoxy groups -OCH3 is 1. The molecule has 14 heteroatoms. The van der Waals surface area contributed by atoms with Crippen molar-refractivity contribution < 1.29 is 29.0 Å². The number of anilines is 2. The van der Waals surface area contributed by atoms with Crippen molar-refractivity contribution >= 4 is 85.5 Å². The van der Waals surface area contributed by atoms with Crippen molar-refractivity contribution in [2.24, 2.45) is 28.0 Å². The number of hydrogen-bond acceptors (Lipinski definition) is 9. The minimum Gasteiger partial charge on any atom is -0.508 e. The highest BCUT2D eigenvalue weighted by molar-refractivity contribution is 9.09. The number of aromatic hydroxyl groups is 1. The van der Waals surface area contributed by atoms with E-state index >= 15 is 0 Å². The first-order valence-corrected chi connectivity index (χ1v) is 17.8. The van der Waals surface area contributed by atoms with Crippen molar-refractivity contribution in [2.45, 2.75) is 28.5 Å². The number of likely N-dealkylation sites (tertiary alicyclic amines) is 1. The molecule has 258 valence electrons. The fourth-order valence-corrected chi connectivity index (χ4v) is 9.34. The second-order valence-electron chi connectivity index (χ2n) is 13.0. The van der Waals surface area contributed by atoms with E-state index in [0.717, 1.165) is 10.6 Å². The van der Waals surface area contributed by atoms with Crippen molar-refractivity contribution in [2.75, 3.05) is 36.5 Å². The molecule has 11 nitrogen and oxygen atoms in total. The summed E-state index contributed by atoms with van der Waals surface area (Å²) in [7, 11) is 5.32. The molecule has 3 fully saturated rings. The molecule has 1 N–H and O–H groups in total. The van der Waals surface area contributed by atoms with E-state index in [-0.39, 0.29) is 41.3 Å². The average molecular weight is 781 g/mol. The highest BCUT2D eigenvalue weighted by atomic mass is 79.9. The summed E-state index contributed by atoms with van der Waals surface area (Å²) in [6.45, 7) is 0. The van der Waals surface area contributed by atoms with Crippen LogP contribution in [0.1, 0.15) is 24.3 Å². The van der Waals surface area contributed by atoms with Gasteiger partial charge in [-0.1, -0.05) is 33.6 Å². The van der Waals surface area contributed by atoms with Gasteiger partial charge in [-0.05, 0) is 79.4 Å². The van der Waals surface area contributed by atoms with Gasteiger partial charge in [0.05, 0.1) is 41.5 Å². The van der Waals surface area contributed by atoms with Gasteiger partial charge < -0.3 is 14.7 Å². The zero-order chi connectivity index (χ0) is 35.7. The van der Waals surface area contributed by atoms with Crippen LogP contribution in [-0.2, 0) is 19.2 Å². The lowest BCUT2D eigenvalue weighted by atomic mass is 9.56. The van der Waals surface area contributed by atoms with Gasteiger partial charge in [-0.2, -0.15) is 10.2 Å². The normalized spacial score (nSPS) is 28.9. The summed E-state index contributed by atoms with van der Waals surface area (Å²) in [6.07, 6.45) is 1.81. The zero-order valence-corrected chi connectivity index (χ0v) is 30.3. The predicted octanol–water partition coefficient (Wildman–Crippen LogP) is 6.80. The van der Waals surface area contributed by atoms with Crippen molar-refractivity contribution in [3.8, 4) is 11.5 Å². The summed E-state index contributed by atoms with van der Waals surface area (Å²) >= 11 is 17.8. The van der Waals surface area contributed by atoms with Crippen LogP contribution in [0.2, 0.25) is 0 Å². The first-order valence-electron chi connectivity index (χ1n) is 15.9. The minimum atomic E-state index is -2.06. The Kier molecular flexibility index (Phi) is 8.55. The molecule has 4 aliphatic rings. The number of imide groups is 2. The van der Waals surface area contributed by atoms with E-state index in [4.69, 9.17) is 27.9 Å². The van der Waals surface area contributed by atoms with E-state index in [1.165, 1.54) is 18.1 Å². The largest absolute Gasteiger partial charge is 0.508 e. The van der Waals surface area contributed by atoms with E-state index < -0.39 is 51.1 Å². The van der Waals surface area contributed by atoms with E-state index in [1.807, 2.05) is 43.3 Å². The Labute approximate surface area is 306 Å². The molecular formula is C36H32BrCl2N5O6. The number of fused-ring (bicyclic) bond motifs is 4. The molecule has 2 aliphatic heterocycles. The fourth-order valence-electron chi connectivity index (χ4n) is 7.93. The van der Waals surface area contributed by atoms with Crippen molar-refractivity contribution in [1.82, 2.24) is 4.90 Å². The van der Waals surface area contributed by atoms with Gasteiger partial charge in [0.15, 0.2) is 9.75 Å². The summed E-state index contributed by atoms with van der Waals surface area (Å²) in [5.74, 6) is -5.82. The Hall–Kier alpha value is -4.26. The lowest BCUT2D eigenvalue weighted by Gasteiger charge is -2.50. The number of carbonyl (C=O) groups excluding carboxylic acids is 4. The van der Waals surface area contributed by atoms with E-state index in [9.17, 15) is 24.3 Å². The Morgan fingerprint density at radius 2 is 1.56 bits per heavy atom. The molecule has 2 heterocycles. The first-order chi connectivity index (χ1) is 23.9. The number of phenols is 1. The van der Waals surface area contributed by atoms with Crippen LogP contribution in [0.5, 0.6) is 11.5 Å². The molecule has 6 atom stereocenters. The molecule has 0 radical (unpaired) electrons. The van der Waals surface area contributed by atoms with Gasteiger partial charge in [-0.15, -0.1) is 23.2 Å². The Morgan fingerprint density at radius 3 is 2.16 bits per heavy atom. The molecule has 50 heavy (non-hydrogen) atoms. The van der Waals surface area contributed by atoms with Crippen molar-refractivity contribution in [3.05, 3.63) is 83.9 Å². The topological polar surface area (TPSA) is 132 Å². The van der Waals surface area contributed by atoms with Crippen LogP contribution in [-0.4, -0.2) is 70.0 Å². The molecule has 0 aromatic heterocycles. The number of alkyl halides is 3. The summed E-state index contributed by atoms with van der Waals surface area (Å²) in [5, 5.41) is 19.8. The molecule has 2 saturated heterocycles. The molecule has 0 unspecified atom stereocenters. The molecule has 0 spiro atoms. The molecule has 7 rings (SSSR count). The van der Waals surface area contributed by atoms with Crippen LogP contribution >= 0.6 is 39.1 Å². The maximum absolute atomic E-state index is 14.4. The number of hydrogen-bond donors (Lipinski definition) is 1. The molecule has 3 aromatic rings. The van der Waals surface area contributed by atoms with Crippen molar-refractivity contribution in [3.63, 3.8) is 0 Å².